The molecule has 2 aromatic carbocycles. The molecule has 0 saturated carbocycles. The van der Waals surface area contributed by atoms with Gasteiger partial charge in [-0.3, -0.25) is 5.21 Å². The van der Waals surface area contributed by atoms with E-state index in [1.807, 2.05) is 38.4 Å². The maximum Gasteiger partial charge on any atom is 0.328 e. The van der Waals surface area contributed by atoms with E-state index < -0.39 is 0 Å². The van der Waals surface area contributed by atoms with Crippen LogP contribution in [0.2, 0.25) is 0 Å². The van der Waals surface area contributed by atoms with Crippen LogP contribution in [0, 0.1) is 32.1 Å². The Bertz CT molecular complexity index is 989. The molecule has 0 aliphatic carbocycles. The van der Waals surface area contributed by atoms with Crippen LogP contribution in [-0.2, 0) is 0 Å². The zero-order valence-corrected chi connectivity index (χ0v) is 15.1. The number of hydrogen-bond acceptors (Lipinski definition) is 8. The van der Waals surface area contributed by atoms with Crippen LogP contribution in [0.1, 0.15) is 22.3 Å². The lowest BCUT2D eigenvalue weighted by molar-refractivity contribution is 0.377. The molecule has 0 radical (unpaired) electrons. The quantitative estimate of drug-likeness (QED) is 0.583. The zero-order valence-electron chi connectivity index (χ0n) is 15.1. The summed E-state index contributed by atoms with van der Waals surface area (Å²) >= 11 is 0. The Kier molecular flexibility index (Phi) is 5.15. The minimum Gasteiger partial charge on any atom is -0.424 e. The smallest absolute Gasteiger partial charge is 0.328 e. The van der Waals surface area contributed by atoms with E-state index in [-0.39, 0.29) is 17.9 Å². The molecule has 0 saturated heterocycles. The molecular weight excluding hydrogens is 344 g/mol. The summed E-state index contributed by atoms with van der Waals surface area (Å²) in [7, 11) is 0. The Morgan fingerprint density at radius 1 is 0.963 bits per heavy atom. The van der Waals surface area contributed by atoms with Crippen LogP contribution in [0.4, 0.5) is 17.6 Å². The molecule has 0 unspecified atom stereocenters. The van der Waals surface area contributed by atoms with E-state index >= 15 is 0 Å². The minimum absolute atomic E-state index is 0.0350. The average Bonchev–Trinajstić information content (AvgIpc) is 2.65. The second kappa shape index (κ2) is 7.68. The Balaban J connectivity index is 1.90. The largest absolute Gasteiger partial charge is 0.424 e. The van der Waals surface area contributed by atoms with Gasteiger partial charge < -0.3 is 10.1 Å². The fourth-order valence-corrected chi connectivity index (χ4v) is 2.68. The summed E-state index contributed by atoms with van der Waals surface area (Å²) < 4.78 is 5.86. The molecule has 1 heterocycles. The van der Waals surface area contributed by atoms with Crippen LogP contribution in [0.5, 0.6) is 11.8 Å². The lowest BCUT2D eigenvalue weighted by Gasteiger charge is -2.13. The molecule has 3 aromatic rings. The standard InChI is InChI=1S/C19H18N6O2/c1-11-8-12(2)16(13(3)9-11)27-19-23-17(22-18(24-19)25-26)21-15-6-4-14(10-20)5-7-15/h4-9,26H,1-3H3,(H2,21,22,23,24,25). The van der Waals surface area contributed by atoms with Gasteiger partial charge in [0.15, 0.2) is 0 Å². The van der Waals surface area contributed by atoms with Crippen molar-refractivity contribution in [2.75, 3.05) is 10.8 Å². The molecule has 0 fully saturated rings. The van der Waals surface area contributed by atoms with Crippen LogP contribution in [0.15, 0.2) is 36.4 Å². The van der Waals surface area contributed by atoms with Gasteiger partial charge in [0, 0.05) is 5.69 Å². The van der Waals surface area contributed by atoms with Crippen molar-refractivity contribution >= 4 is 17.6 Å². The van der Waals surface area contributed by atoms with Crippen molar-refractivity contribution < 1.29 is 9.94 Å². The summed E-state index contributed by atoms with van der Waals surface area (Å²) in [5.41, 5.74) is 6.17. The van der Waals surface area contributed by atoms with Crippen molar-refractivity contribution in [2.24, 2.45) is 0 Å². The van der Waals surface area contributed by atoms with Crippen LogP contribution in [0.25, 0.3) is 0 Å². The molecule has 8 heteroatoms. The lowest BCUT2D eigenvalue weighted by Crippen LogP contribution is -2.06. The fourth-order valence-electron chi connectivity index (χ4n) is 2.68. The maximum absolute atomic E-state index is 9.21. The molecular formula is C19H18N6O2. The molecule has 3 rings (SSSR count). The van der Waals surface area contributed by atoms with Crippen molar-refractivity contribution in [1.29, 1.82) is 5.26 Å². The molecule has 0 spiro atoms. The summed E-state index contributed by atoms with van der Waals surface area (Å²) in [5, 5.41) is 21.1. The van der Waals surface area contributed by atoms with Crippen molar-refractivity contribution in [2.45, 2.75) is 20.8 Å². The topological polar surface area (TPSA) is 116 Å². The first-order valence-electron chi connectivity index (χ1n) is 8.17. The van der Waals surface area contributed by atoms with Gasteiger partial charge in [0.2, 0.25) is 5.95 Å². The van der Waals surface area contributed by atoms with Gasteiger partial charge in [-0.05, 0) is 56.2 Å². The number of nitrogens with zero attached hydrogens (tertiary/aromatic N) is 4. The third-order valence-electron chi connectivity index (χ3n) is 3.78. The number of anilines is 3. The first-order valence-corrected chi connectivity index (χ1v) is 8.17. The number of nitrogens with one attached hydrogen (secondary N) is 2. The third kappa shape index (κ3) is 4.29. The molecule has 0 aliphatic heterocycles. The van der Waals surface area contributed by atoms with Gasteiger partial charge in [-0.1, -0.05) is 17.7 Å². The Hall–Kier alpha value is -3.70. The number of rotatable bonds is 5. The summed E-state index contributed by atoms with van der Waals surface area (Å²) in [6, 6.07) is 12.9. The molecule has 27 heavy (non-hydrogen) atoms. The van der Waals surface area contributed by atoms with Crippen molar-refractivity contribution in [1.82, 2.24) is 15.0 Å². The molecule has 0 atom stereocenters. The monoisotopic (exact) mass is 362 g/mol. The SMILES string of the molecule is Cc1cc(C)c(Oc2nc(NO)nc(Nc3ccc(C#N)cc3)n2)c(C)c1. The van der Waals surface area contributed by atoms with E-state index in [0.717, 1.165) is 16.7 Å². The summed E-state index contributed by atoms with van der Waals surface area (Å²) in [6.07, 6.45) is 0. The minimum atomic E-state index is -0.0569. The van der Waals surface area contributed by atoms with Gasteiger partial charge in [-0.2, -0.15) is 20.2 Å². The van der Waals surface area contributed by atoms with Gasteiger partial charge in [0.25, 0.3) is 5.95 Å². The number of benzene rings is 2. The lowest BCUT2D eigenvalue weighted by atomic mass is 10.1. The van der Waals surface area contributed by atoms with E-state index in [1.54, 1.807) is 24.3 Å². The number of nitriles is 1. The molecule has 0 bridgehead atoms. The van der Waals surface area contributed by atoms with E-state index in [1.165, 1.54) is 0 Å². The third-order valence-corrected chi connectivity index (χ3v) is 3.78. The molecule has 136 valence electrons. The summed E-state index contributed by atoms with van der Waals surface area (Å²) in [4.78, 5) is 12.3. The zero-order chi connectivity index (χ0) is 19.4. The first kappa shape index (κ1) is 18.1. The van der Waals surface area contributed by atoms with E-state index in [0.29, 0.717) is 17.0 Å². The van der Waals surface area contributed by atoms with Gasteiger partial charge in [-0.15, -0.1) is 0 Å². The molecule has 3 N–H and O–H groups in total. The fraction of sp³-hybridized carbons (Fsp3) is 0.158. The molecule has 0 aliphatic rings. The molecule has 8 nitrogen and oxygen atoms in total. The highest BCUT2D eigenvalue weighted by Gasteiger charge is 2.12. The second-order valence-electron chi connectivity index (χ2n) is 6.02. The average molecular weight is 362 g/mol. The van der Waals surface area contributed by atoms with Crippen molar-refractivity contribution in [3.8, 4) is 17.8 Å². The second-order valence-corrected chi connectivity index (χ2v) is 6.02. The van der Waals surface area contributed by atoms with Crippen molar-refractivity contribution in [3.63, 3.8) is 0 Å². The van der Waals surface area contributed by atoms with Crippen molar-refractivity contribution in [3.05, 3.63) is 58.7 Å². The van der Waals surface area contributed by atoms with E-state index in [4.69, 9.17) is 10.00 Å². The maximum atomic E-state index is 9.21. The number of hydrogen-bond donors (Lipinski definition) is 3. The number of ether oxygens (including phenoxy) is 1. The normalized spacial score (nSPS) is 10.2. The highest BCUT2D eigenvalue weighted by molar-refractivity contribution is 5.56. The Morgan fingerprint density at radius 3 is 2.19 bits per heavy atom. The predicted octanol–water partition coefficient (Wildman–Crippen LogP) is 4.01. The van der Waals surface area contributed by atoms with E-state index in [9.17, 15) is 5.21 Å². The number of aromatic nitrogens is 3. The van der Waals surface area contributed by atoms with Crippen LogP contribution >= 0.6 is 0 Å². The highest BCUT2D eigenvalue weighted by Crippen LogP contribution is 2.29. The van der Waals surface area contributed by atoms with E-state index in [2.05, 4.69) is 26.3 Å². The van der Waals surface area contributed by atoms with Gasteiger partial charge in [0.1, 0.15) is 5.75 Å². The molecule has 1 aromatic heterocycles. The summed E-state index contributed by atoms with van der Waals surface area (Å²) in [5.74, 6) is 0.780. The van der Waals surface area contributed by atoms with Crippen LogP contribution in [-0.4, -0.2) is 20.2 Å². The highest BCUT2D eigenvalue weighted by atomic mass is 16.5. The van der Waals surface area contributed by atoms with Crippen LogP contribution < -0.4 is 15.5 Å². The Labute approximate surface area is 156 Å². The first-order chi connectivity index (χ1) is 13.0. The summed E-state index contributed by atoms with van der Waals surface area (Å²) in [6.45, 7) is 5.90. The van der Waals surface area contributed by atoms with Gasteiger partial charge >= 0.3 is 6.01 Å². The molecule has 0 amide bonds. The predicted molar refractivity (Wildman–Crippen MR) is 100 cm³/mol. The number of aryl methyl sites for hydroxylation is 3. The van der Waals surface area contributed by atoms with Gasteiger partial charge in [-0.25, -0.2) is 5.48 Å². The van der Waals surface area contributed by atoms with Crippen LogP contribution in [0.3, 0.4) is 0 Å². The van der Waals surface area contributed by atoms with Gasteiger partial charge in [0.05, 0.1) is 11.6 Å². The Morgan fingerprint density at radius 2 is 1.59 bits per heavy atom.